The highest BCUT2D eigenvalue weighted by atomic mass is 16.4. The Balaban J connectivity index is 1.87. The maximum Gasteiger partial charge on any atom is 0.306 e. The monoisotopic (exact) mass is 285 g/mol. The zero-order valence-electron chi connectivity index (χ0n) is 11.9. The largest absolute Gasteiger partial charge is 0.481 e. The molecule has 110 valence electrons. The van der Waals surface area contributed by atoms with Crippen molar-refractivity contribution in [1.29, 1.82) is 0 Å². The van der Waals surface area contributed by atoms with Crippen LogP contribution in [0.2, 0.25) is 0 Å². The van der Waals surface area contributed by atoms with Gasteiger partial charge in [-0.05, 0) is 37.3 Å². The van der Waals surface area contributed by atoms with Crippen molar-refractivity contribution in [1.82, 2.24) is 4.57 Å². The van der Waals surface area contributed by atoms with E-state index in [1.807, 2.05) is 30.5 Å². The summed E-state index contributed by atoms with van der Waals surface area (Å²) in [6.45, 7) is 0.782. The van der Waals surface area contributed by atoms with Gasteiger partial charge in [0.05, 0.1) is 11.4 Å². The molecule has 1 aliphatic rings. The van der Waals surface area contributed by atoms with Gasteiger partial charge >= 0.3 is 5.97 Å². The van der Waals surface area contributed by atoms with E-state index in [9.17, 15) is 14.7 Å². The van der Waals surface area contributed by atoms with Crippen LogP contribution < -0.4 is 5.43 Å². The molecule has 2 aromatic rings. The lowest BCUT2D eigenvalue weighted by Crippen LogP contribution is -2.25. The Hall–Kier alpha value is -2.10. The van der Waals surface area contributed by atoms with Crippen LogP contribution >= 0.6 is 0 Å². The van der Waals surface area contributed by atoms with Crippen LogP contribution in [0.15, 0.2) is 41.3 Å². The molecule has 0 spiro atoms. The number of rotatable bonds is 3. The molecular formula is C17H19NO3. The second-order valence-corrected chi connectivity index (χ2v) is 5.92. The molecule has 1 aliphatic carbocycles. The number of hydrogen-bond acceptors (Lipinski definition) is 2. The standard InChI is InChI=1S/C17H19NO3/c19-16-8-9-18(15-7-2-1-6-14(15)16)11-12-4-3-5-13(10-12)17(20)21/h1-2,6-9,12-13H,3-5,10-11H2,(H,20,21). The summed E-state index contributed by atoms with van der Waals surface area (Å²) in [4.78, 5) is 23.0. The van der Waals surface area contributed by atoms with E-state index in [-0.39, 0.29) is 11.3 Å². The summed E-state index contributed by atoms with van der Waals surface area (Å²) < 4.78 is 2.09. The van der Waals surface area contributed by atoms with Crippen LogP contribution in [0.5, 0.6) is 0 Å². The van der Waals surface area contributed by atoms with Gasteiger partial charge in [-0.25, -0.2) is 0 Å². The van der Waals surface area contributed by atoms with Gasteiger partial charge in [-0.1, -0.05) is 18.6 Å². The van der Waals surface area contributed by atoms with Crippen molar-refractivity contribution in [3.8, 4) is 0 Å². The Labute approximate surface area is 123 Å². The zero-order chi connectivity index (χ0) is 14.8. The first-order chi connectivity index (χ1) is 10.1. The lowest BCUT2D eigenvalue weighted by atomic mass is 9.81. The molecule has 0 saturated heterocycles. The molecule has 1 aromatic heterocycles. The van der Waals surface area contributed by atoms with Gasteiger partial charge in [0.2, 0.25) is 0 Å². The zero-order valence-corrected chi connectivity index (χ0v) is 11.9. The van der Waals surface area contributed by atoms with E-state index in [0.29, 0.717) is 5.92 Å². The maximum absolute atomic E-state index is 11.9. The van der Waals surface area contributed by atoms with E-state index in [1.54, 1.807) is 6.07 Å². The molecule has 1 heterocycles. The smallest absolute Gasteiger partial charge is 0.306 e. The van der Waals surface area contributed by atoms with Crippen molar-refractivity contribution in [3.63, 3.8) is 0 Å². The molecule has 0 amide bonds. The van der Waals surface area contributed by atoms with E-state index in [0.717, 1.165) is 43.1 Å². The van der Waals surface area contributed by atoms with Crippen LogP contribution in [0.1, 0.15) is 25.7 Å². The minimum Gasteiger partial charge on any atom is -0.481 e. The Bertz CT molecular complexity index is 719. The number of aliphatic carboxylic acids is 1. The molecule has 1 aromatic carbocycles. The highest BCUT2D eigenvalue weighted by Gasteiger charge is 2.27. The lowest BCUT2D eigenvalue weighted by Gasteiger charge is -2.27. The molecule has 0 bridgehead atoms. The van der Waals surface area contributed by atoms with Gasteiger partial charge in [-0.3, -0.25) is 9.59 Å². The number of pyridine rings is 1. The third kappa shape index (κ3) is 2.84. The number of nitrogens with zero attached hydrogens (tertiary/aromatic N) is 1. The van der Waals surface area contributed by atoms with Crippen LogP contribution in [-0.4, -0.2) is 15.6 Å². The minimum absolute atomic E-state index is 0.0360. The fourth-order valence-electron chi connectivity index (χ4n) is 3.38. The molecule has 1 fully saturated rings. The topological polar surface area (TPSA) is 59.3 Å². The second-order valence-electron chi connectivity index (χ2n) is 5.92. The van der Waals surface area contributed by atoms with Gasteiger partial charge in [0.15, 0.2) is 5.43 Å². The van der Waals surface area contributed by atoms with Gasteiger partial charge in [-0.2, -0.15) is 0 Å². The van der Waals surface area contributed by atoms with Crippen molar-refractivity contribution < 1.29 is 9.90 Å². The Kier molecular flexibility index (Phi) is 3.78. The van der Waals surface area contributed by atoms with Crippen LogP contribution in [0.3, 0.4) is 0 Å². The first kappa shape index (κ1) is 13.9. The first-order valence-electron chi connectivity index (χ1n) is 7.46. The number of para-hydroxylation sites is 1. The van der Waals surface area contributed by atoms with E-state index in [2.05, 4.69) is 4.57 Å². The van der Waals surface area contributed by atoms with Crippen molar-refractivity contribution >= 4 is 16.9 Å². The average Bonchev–Trinajstić information content (AvgIpc) is 2.51. The number of aromatic nitrogens is 1. The number of carbonyl (C=O) groups is 1. The van der Waals surface area contributed by atoms with Crippen molar-refractivity contribution in [3.05, 3.63) is 46.8 Å². The van der Waals surface area contributed by atoms with Crippen molar-refractivity contribution in [2.75, 3.05) is 0 Å². The SMILES string of the molecule is O=C(O)C1CCCC(Cn2ccc(=O)c3ccccc32)C1. The maximum atomic E-state index is 11.9. The minimum atomic E-state index is -0.676. The molecular weight excluding hydrogens is 266 g/mol. The normalized spacial score (nSPS) is 22.3. The molecule has 21 heavy (non-hydrogen) atoms. The van der Waals surface area contributed by atoms with Gasteiger partial charge in [0, 0.05) is 24.2 Å². The number of carboxylic acids is 1. The molecule has 2 atom stereocenters. The van der Waals surface area contributed by atoms with Gasteiger partial charge < -0.3 is 9.67 Å². The van der Waals surface area contributed by atoms with Crippen LogP contribution in [0.4, 0.5) is 0 Å². The molecule has 4 heteroatoms. The predicted molar refractivity (Wildman–Crippen MR) is 81.3 cm³/mol. The van der Waals surface area contributed by atoms with Gasteiger partial charge in [0.1, 0.15) is 0 Å². The fourth-order valence-corrected chi connectivity index (χ4v) is 3.38. The fraction of sp³-hybridized carbons (Fsp3) is 0.412. The third-order valence-corrected chi connectivity index (χ3v) is 4.47. The summed E-state index contributed by atoms with van der Waals surface area (Å²) in [5, 5.41) is 9.91. The summed E-state index contributed by atoms with van der Waals surface area (Å²) in [7, 11) is 0. The van der Waals surface area contributed by atoms with E-state index < -0.39 is 5.97 Å². The Morgan fingerprint density at radius 2 is 2.05 bits per heavy atom. The third-order valence-electron chi connectivity index (χ3n) is 4.47. The Morgan fingerprint density at radius 3 is 2.86 bits per heavy atom. The molecule has 0 radical (unpaired) electrons. The number of benzene rings is 1. The number of fused-ring (bicyclic) bond motifs is 1. The summed E-state index contributed by atoms with van der Waals surface area (Å²) in [5.41, 5.74) is 0.969. The number of carboxylic acid groups (broad SMARTS) is 1. The lowest BCUT2D eigenvalue weighted by molar-refractivity contribution is -0.143. The van der Waals surface area contributed by atoms with Crippen LogP contribution in [0, 0.1) is 11.8 Å². The summed E-state index contributed by atoms with van der Waals surface area (Å²) >= 11 is 0. The quantitative estimate of drug-likeness (QED) is 0.943. The van der Waals surface area contributed by atoms with E-state index in [1.165, 1.54) is 0 Å². The van der Waals surface area contributed by atoms with E-state index >= 15 is 0 Å². The second kappa shape index (κ2) is 5.72. The molecule has 3 rings (SSSR count). The van der Waals surface area contributed by atoms with Gasteiger partial charge in [0.25, 0.3) is 0 Å². The first-order valence-corrected chi connectivity index (χ1v) is 7.46. The molecule has 1 saturated carbocycles. The predicted octanol–water partition coefficient (Wildman–Crippen LogP) is 2.89. The van der Waals surface area contributed by atoms with E-state index in [4.69, 9.17) is 0 Å². The summed E-state index contributed by atoms with van der Waals surface area (Å²) in [6, 6.07) is 9.19. The molecule has 0 aliphatic heterocycles. The summed E-state index contributed by atoms with van der Waals surface area (Å²) in [6.07, 6.45) is 5.38. The molecule has 2 unspecified atom stereocenters. The molecule has 1 N–H and O–H groups in total. The summed E-state index contributed by atoms with van der Waals surface area (Å²) in [5.74, 6) is -0.524. The Morgan fingerprint density at radius 1 is 1.24 bits per heavy atom. The van der Waals surface area contributed by atoms with Crippen LogP contribution in [0.25, 0.3) is 10.9 Å². The molecule has 4 nitrogen and oxygen atoms in total. The highest BCUT2D eigenvalue weighted by molar-refractivity contribution is 5.78. The van der Waals surface area contributed by atoms with Crippen molar-refractivity contribution in [2.45, 2.75) is 32.2 Å². The van der Waals surface area contributed by atoms with Gasteiger partial charge in [-0.15, -0.1) is 0 Å². The van der Waals surface area contributed by atoms with Crippen molar-refractivity contribution in [2.24, 2.45) is 11.8 Å². The van der Waals surface area contributed by atoms with Crippen LogP contribution in [-0.2, 0) is 11.3 Å². The average molecular weight is 285 g/mol. The highest BCUT2D eigenvalue weighted by Crippen LogP contribution is 2.30. The number of hydrogen-bond donors (Lipinski definition) is 1.